The Bertz CT molecular complexity index is 467. The van der Waals surface area contributed by atoms with E-state index in [1.165, 1.54) is 0 Å². The first-order chi connectivity index (χ1) is 8.99. The van der Waals surface area contributed by atoms with E-state index in [1.54, 1.807) is 6.08 Å². The normalized spacial score (nSPS) is 11.2. The molecule has 1 aromatic carbocycles. The van der Waals surface area contributed by atoms with Crippen molar-refractivity contribution < 1.29 is 9.90 Å². The van der Waals surface area contributed by atoms with Crippen molar-refractivity contribution in [2.45, 2.75) is 32.7 Å². The summed E-state index contributed by atoms with van der Waals surface area (Å²) in [5.74, 6) is -0.940. The Hall–Kier alpha value is -1.29. The predicted molar refractivity (Wildman–Crippen MR) is 83.6 cm³/mol. The van der Waals surface area contributed by atoms with Gasteiger partial charge in [0.05, 0.1) is 0 Å². The molecule has 1 aromatic rings. The molecule has 1 rings (SSSR count). The third kappa shape index (κ3) is 4.39. The number of carboxylic acids is 1. The summed E-state index contributed by atoms with van der Waals surface area (Å²) in [6, 6.07) is 6.50. The van der Waals surface area contributed by atoms with Crippen molar-refractivity contribution in [1.82, 2.24) is 0 Å². The van der Waals surface area contributed by atoms with Crippen molar-refractivity contribution in [1.29, 1.82) is 0 Å². The topological polar surface area (TPSA) is 40.5 Å². The van der Waals surface area contributed by atoms with Crippen LogP contribution in [0.4, 0.5) is 5.69 Å². The van der Waals surface area contributed by atoms with E-state index in [2.05, 4.69) is 41.7 Å². The zero-order chi connectivity index (χ0) is 14.4. The highest BCUT2D eigenvalue weighted by molar-refractivity contribution is 9.10. The van der Waals surface area contributed by atoms with Crippen molar-refractivity contribution in [2.75, 3.05) is 11.9 Å². The zero-order valence-corrected chi connectivity index (χ0v) is 13.1. The highest BCUT2D eigenvalue weighted by Gasteiger charge is 2.11. The Balaban J connectivity index is 2.96. The van der Waals surface area contributed by atoms with E-state index in [1.807, 2.05) is 18.2 Å². The lowest BCUT2D eigenvalue weighted by Gasteiger charge is -2.28. The monoisotopic (exact) mass is 325 g/mol. The summed E-state index contributed by atoms with van der Waals surface area (Å²) in [5.41, 5.74) is 2.00. The predicted octanol–water partition coefficient (Wildman–Crippen LogP) is 4.17. The first-order valence-electron chi connectivity index (χ1n) is 6.43. The second-order valence-corrected chi connectivity index (χ2v) is 5.31. The Morgan fingerprint density at radius 2 is 2.05 bits per heavy atom. The Labute approximate surface area is 123 Å². The van der Waals surface area contributed by atoms with Gasteiger partial charge >= 0.3 is 5.97 Å². The summed E-state index contributed by atoms with van der Waals surface area (Å²) in [6.45, 7) is 4.37. The van der Waals surface area contributed by atoms with E-state index in [0.717, 1.165) is 34.6 Å². The van der Waals surface area contributed by atoms with E-state index >= 15 is 0 Å². The van der Waals surface area contributed by atoms with E-state index in [-0.39, 0.29) is 0 Å². The highest BCUT2D eigenvalue weighted by atomic mass is 79.9. The molecular formula is C15H20BrNO2. The van der Waals surface area contributed by atoms with Crippen molar-refractivity contribution >= 4 is 33.7 Å². The van der Waals surface area contributed by atoms with Gasteiger partial charge in [0, 0.05) is 29.3 Å². The lowest BCUT2D eigenvalue weighted by atomic mass is 10.1. The van der Waals surface area contributed by atoms with Crippen LogP contribution in [0.1, 0.15) is 32.3 Å². The summed E-state index contributed by atoms with van der Waals surface area (Å²) >= 11 is 3.49. The SMILES string of the molecule is CCC(CC)N(C)c1ccc(/C=C/C(=O)O)c(Br)c1. The molecule has 0 aliphatic carbocycles. The maximum Gasteiger partial charge on any atom is 0.328 e. The summed E-state index contributed by atoms with van der Waals surface area (Å²) in [6.07, 6.45) is 4.94. The van der Waals surface area contributed by atoms with Gasteiger partial charge in [0.15, 0.2) is 0 Å². The minimum Gasteiger partial charge on any atom is -0.478 e. The summed E-state index contributed by atoms with van der Waals surface area (Å²) < 4.78 is 0.903. The minimum absolute atomic E-state index is 0.521. The molecule has 0 saturated carbocycles. The van der Waals surface area contributed by atoms with Crippen LogP contribution in [-0.4, -0.2) is 24.2 Å². The number of anilines is 1. The van der Waals surface area contributed by atoms with Crippen molar-refractivity contribution in [3.63, 3.8) is 0 Å². The number of carboxylic acid groups (broad SMARTS) is 1. The van der Waals surface area contributed by atoms with Gasteiger partial charge in [0.25, 0.3) is 0 Å². The third-order valence-corrected chi connectivity index (χ3v) is 3.97. The molecule has 0 bridgehead atoms. The maximum atomic E-state index is 10.5. The first kappa shape index (κ1) is 15.8. The molecule has 0 saturated heterocycles. The van der Waals surface area contributed by atoms with Crippen molar-refractivity contribution in [3.8, 4) is 0 Å². The molecule has 0 spiro atoms. The number of rotatable bonds is 6. The van der Waals surface area contributed by atoms with Gasteiger partial charge in [-0.05, 0) is 36.6 Å². The lowest BCUT2D eigenvalue weighted by molar-refractivity contribution is -0.131. The Morgan fingerprint density at radius 1 is 1.42 bits per heavy atom. The van der Waals surface area contributed by atoms with Gasteiger partial charge in [0.2, 0.25) is 0 Å². The van der Waals surface area contributed by atoms with Gasteiger partial charge in [-0.3, -0.25) is 0 Å². The smallest absolute Gasteiger partial charge is 0.328 e. The Morgan fingerprint density at radius 3 is 2.53 bits per heavy atom. The maximum absolute atomic E-state index is 10.5. The molecule has 0 atom stereocenters. The molecule has 0 unspecified atom stereocenters. The minimum atomic E-state index is -0.940. The largest absolute Gasteiger partial charge is 0.478 e. The first-order valence-corrected chi connectivity index (χ1v) is 7.22. The number of hydrogen-bond acceptors (Lipinski definition) is 2. The van der Waals surface area contributed by atoms with Crippen LogP contribution in [-0.2, 0) is 4.79 Å². The molecule has 19 heavy (non-hydrogen) atoms. The molecule has 0 radical (unpaired) electrons. The second kappa shape index (κ2) is 7.34. The van der Waals surface area contributed by atoms with Gasteiger partial charge in [-0.1, -0.05) is 35.8 Å². The molecule has 0 aliphatic rings. The molecule has 0 aliphatic heterocycles. The van der Waals surface area contributed by atoms with Crippen LogP contribution in [0.15, 0.2) is 28.7 Å². The number of halogens is 1. The zero-order valence-electron chi connectivity index (χ0n) is 11.6. The number of benzene rings is 1. The molecule has 0 aromatic heterocycles. The quantitative estimate of drug-likeness (QED) is 0.798. The standard InChI is InChI=1S/C15H20BrNO2/c1-4-12(5-2)17(3)13-8-6-11(14(16)10-13)7-9-15(18)19/h6-10,12H,4-5H2,1-3H3,(H,18,19)/b9-7+. The molecule has 3 nitrogen and oxygen atoms in total. The number of aliphatic carboxylic acids is 1. The van der Waals surface area contributed by atoms with Crippen LogP contribution in [0.5, 0.6) is 0 Å². The van der Waals surface area contributed by atoms with Crippen LogP contribution in [0.25, 0.3) is 6.08 Å². The lowest BCUT2D eigenvalue weighted by Crippen LogP contribution is -2.30. The Kier molecular flexibility index (Phi) is 6.09. The van der Waals surface area contributed by atoms with Crippen LogP contribution in [0.3, 0.4) is 0 Å². The van der Waals surface area contributed by atoms with Gasteiger partial charge in [-0.2, -0.15) is 0 Å². The van der Waals surface area contributed by atoms with Gasteiger partial charge < -0.3 is 10.0 Å². The number of hydrogen-bond donors (Lipinski definition) is 1. The molecule has 0 amide bonds. The molecule has 4 heteroatoms. The second-order valence-electron chi connectivity index (χ2n) is 4.46. The summed E-state index contributed by atoms with van der Waals surface area (Å²) in [4.78, 5) is 12.8. The fourth-order valence-corrected chi connectivity index (χ4v) is 2.58. The van der Waals surface area contributed by atoms with E-state index in [9.17, 15) is 4.79 Å². The van der Waals surface area contributed by atoms with E-state index in [4.69, 9.17) is 5.11 Å². The van der Waals surface area contributed by atoms with Crippen LogP contribution in [0, 0.1) is 0 Å². The van der Waals surface area contributed by atoms with Crippen LogP contribution < -0.4 is 4.90 Å². The van der Waals surface area contributed by atoms with E-state index < -0.39 is 5.97 Å². The summed E-state index contributed by atoms with van der Waals surface area (Å²) in [5, 5.41) is 8.63. The van der Waals surface area contributed by atoms with Gasteiger partial charge in [0.1, 0.15) is 0 Å². The fraction of sp³-hybridized carbons (Fsp3) is 0.400. The van der Waals surface area contributed by atoms with E-state index in [0.29, 0.717) is 6.04 Å². The van der Waals surface area contributed by atoms with Gasteiger partial charge in [-0.25, -0.2) is 4.79 Å². The van der Waals surface area contributed by atoms with Crippen molar-refractivity contribution in [2.24, 2.45) is 0 Å². The highest BCUT2D eigenvalue weighted by Crippen LogP contribution is 2.26. The van der Waals surface area contributed by atoms with Gasteiger partial charge in [-0.15, -0.1) is 0 Å². The molecule has 0 heterocycles. The molecular weight excluding hydrogens is 306 g/mol. The fourth-order valence-electron chi connectivity index (χ4n) is 2.08. The van der Waals surface area contributed by atoms with Crippen molar-refractivity contribution in [3.05, 3.63) is 34.3 Å². The molecule has 0 fully saturated rings. The number of nitrogens with zero attached hydrogens (tertiary/aromatic N) is 1. The molecule has 104 valence electrons. The third-order valence-electron chi connectivity index (χ3n) is 3.29. The van der Waals surface area contributed by atoms with Crippen LogP contribution >= 0.6 is 15.9 Å². The number of carbonyl (C=O) groups is 1. The van der Waals surface area contributed by atoms with Crippen LogP contribution in [0.2, 0.25) is 0 Å². The molecule has 1 N–H and O–H groups in total. The average molecular weight is 326 g/mol. The summed E-state index contributed by atoms with van der Waals surface area (Å²) in [7, 11) is 2.09. The average Bonchev–Trinajstić information content (AvgIpc) is 2.38.